The smallest absolute Gasteiger partial charge is 0.317 e. The second-order valence-corrected chi connectivity index (χ2v) is 4.70. The Morgan fingerprint density at radius 1 is 1.40 bits per heavy atom. The zero-order valence-corrected chi connectivity index (χ0v) is 12.4. The Bertz CT molecular complexity index is 507. The van der Waals surface area contributed by atoms with Crippen molar-refractivity contribution in [2.45, 2.75) is 6.04 Å². The van der Waals surface area contributed by atoms with Crippen molar-refractivity contribution >= 4 is 23.2 Å². The summed E-state index contributed by atoms with van der Waals surface area (Å²) in [4.78, 5) is 12.6. The summed E-state index contributed by atoms with van der Waals surface area (Å²) in [6.07, 6.45) is 0. The van der Waals surface area contributed by atoms with E-state index in [1.165, 1.54) is 7.11 Å². The Hall–Kier alpha value is -1.86. The molecule has 3 N–H and O–H groups in total. The standard InChI is InChI=1S/C13H18N2O4S/c1-15(7-11(16)17)12(13(14)20)8-4-5-9(18-2)10(6-8)19-3/h4-6,12H,7H2,1-3H3,(H2,14,20)(H,16,17). The first kappa shape index (κ1) is 16.2. The molecule has 1 rings (SSSR count). The van der Waals surface area contributed by atoms with Gasteiger partial charge in [0.25, 0.3) is 0 Å². The molecule has 0 aromatic heterocycles. The zero-order chi connectivity index (χ0) is 15.3. The molecule has 0 fully saturated rings. The van der Waals surface area contributed by atoms with Crippen molar-refractivity contribution in [3.63, 3.8) is 0 Å². The van der Waals surface area contributed by atoms with Gasteiger partial charge in [-0.2, -0.15) is 0 Å². The fourth-order valence-corrected chi connectivity index (χ4v) is 2.28. The van der Waals surface area contributed by atoms with Crippen molar-refractivity contribution in [3.05, 3.63) is 23.8 Å². The molecule has 0 bridgehead atoms. The van der Waals surface area contributed by atoms with E-state index in [0.29, 0.717) is 11.5 Å². The fourth-order valence-electron chi connectivity index (χ4n) is 1.96. The molecule has 1 aromatic rings. The Morgan fingerprint density at radius 3 is 2.45 bits per heavy atom. The molecule has 0 aliphatic carbocycles. The summed E-state index contributed by atoms with van der Waals surface area (Å²) in [6.45, 7) is -0.170. The van der Waals surface area contributed by atoms with E-state index in [1.54, 1.807) is 37.3 Å². The van der Waals surface area contributed by atoms with Crippen molar-refractivity contribution in [2.75, 3.05) is 27.8 Å². The lowest BCUT2D eigenvalue weighted by molar-refractivity contribution is -0.138. The molecular formula is C13H18N2O4S. The molecule has 0 saturated heterocycles. The molecule has 0 radical (unpaired) electrons. The van der Waals surface area contributed by atoms with Crippen LogP contribution in [0.4, 0.5) is 0 Å². The molecule has 0 aliphatic rings. The number of ether oxygens (including phenoxy) is 2. The minimum Gasteiger partial charge on any atom is -0.493 e. The number of carbonyl (C=O) groups is 1. The van der Waals surface area contributed by atoms with Gasteiger partial charge in [-0.25, -0.2) is 0 Å². The van der Waals surface area contributed by atoms with E-state index >= 15 is 0 Å². The van der Waals surface area contributed by atoms with Crippen molar-refractivity contribution < 1.29 is 19.4 Å². The molecule has 0 heterocycles. The van der Waals surface area contributed by atoms with E-state index in [-0.39, 0.29) is 11.5 Å². The topological polar surface area (TPSA) is 85.0 Å². The molecule has 6 nitrogen and oxygen atoms in total. The first-order valence-corrected chi connectivity index (χ1v) is 6.24. The highest BCUT2D eigenvalue weighted by Gasteiger charge is 2.23. The van der Waals surface area contributed by atoms with E-state index in [0.717, 1.165) is 5.56 Å². The van der Waals surface area contributed by atoms with E-state index in [9.17, 15) is 4.79 Å². The van der Waals surface area contributed by atoms with Gasteiger partial charge in [0.05, 0.1) is 31.8 Å². The third-order valence-corrected chi connectivity index (χ3v) is 3.04. The van der Waals surface area contributed by atoms with Crippen LogP contribution < -0.4 is 15.2 Å². The number of hydrogen-bond acceptors (Lipinski definition) is 5. The summed E-state index contributed by atoms with van der Waals surface area (Å²) in [5, 5.41) is 8.87. The second kappa shape index (κ2) is 7.06. The van der Waals surface area contributed by atoms with E-state index in [4.69, 9.17) is 32.5 Å². The van der Waals surface area contributed by atoms with Crippen LogP contribution in [0.1, 0.15) is 11.6 Å². The largest absolute Gasteiger partial charge is 0.493 e. The van der Waals surface area contributed by atoms with Crippen LogP contribution in [-0.2, 0) is 4.79 Å². The van der Waals surface area contributed by atoms with Crippen molar-refractivity contribution in [1.82, 2.24) is 4.90 Å². The van der Waals surface area contributed by atoms with Crippen LogP contribution in [0.15, 0.2) is 18.2 Å². The monoisotopic (exact) mass is 298 g/mol. The molecule has 0 saturated carbocycles. The number of methoxy groups -OCH3 is 2. The third-order valence-electron chi connectivity index (χ3n) is 2.82. The number of likely N-dealkylation sites (N-methyl/N-ethyl adjacent to an activating group) is 1. The summed E-state index contributed by atoms with van der Waals surface area (Å²) in [5.41, 5.74) is 6.48. The molecule has 0 aliphatic heterocycles. The van der Waals surface area contributed by atoms with Gasteiger partial charge in [-0.1, -0.05) is 18.3 Å². The van der Waals surface area contributed by atoms with Crippen molar-refractivity contribution in [1.29, 1.82) is 0 Å². The van der Waals surface area contributed by atoms with Gasteiger partial charge in [0.2, 0.25) is 0 Å². The third kappa shape index (κ3) is 3.82. The van der Waals surface area contributed by atoms with Gasteiger partial charge in [-0.05, 0) is 24.7 Å². The minimum atomic E-state index is -0.950. The Kier molecular flexibility index (Phi) is 5.72. The van der Waals surface area contributed by atoms with Crippen LogP contribution >= 0.6 is 12.2 Å². The van der Waals surface area contributed by atoms with Crippen LogP contribution in [0.3, 0.4) is 0 Å². The first-order valence-electron chi connectivity index (χ1n) is 5.84. The van der Waals surface area contributed by atoms with Gasteiger partial charge < -0.3 is 20.3 Å². The van der Waals surface area contributed by atoms with Crippen molar-refractivity contribution in [2.24, 2.45) is 5.73 Å². The summed E-state index contributed by atoms with van der Waals surface area (Å²) < 4.78 is 10.4. The Balaban J connectivity index is 3.15. The van der Waals surface area contributed by atoms with E-state index in [2.05, 4.69) is 0 Å². The maximum Gasteiger partial charge on any atom is 0.317 e. The number of nitrogens with zero attached hydrogens (tertiary/aromatic N) is 1. The number of rotatable bonds is 7. The van der Waals surface area contributed by atoms with Crippen LogP contribution in [0.5, 0.6) is 11.5 Å². The molecule has 1 unspecified atom stereocenters. The normalized spacial score (nSPS) is 12.0. The predicted octanol–water partition coefficient (Wildman–Crippen LogP) is 1.05. The van der Waals surface area contributed by atoms with Gasteiger partial charge in [-0.15, -0.1) is 0 Å². The molecule has 110 valence electrons. The Labute approximate surface area is 123 Å². The quantitative estimate of drug-likeness (QED) is 0.728. The summed E-state index contributed by atoms with van der Waals surface area (Å²) >= 11 is 5.04. The van der Waals surface area contributed by atoms with Crippen molar-refractivity contribution in [3.8, 4) is 11.5 Å². The molecule has 7 heteroatoms. The molecular weight excluding hydrogens is 280 g/mol. The SMILES string of the molecule is COc1ccc(C(C(N)=S)N(C)CC(=O)O)cc1OC. The summed E-state index contributed by atoms with van der Waals surface area (Å²) in [5.74, 6) is 0.169. The van der Waals surface area contributed by atoms with E-state index < -0.39 is 12.0 Å². The molecule has 1 atom stereocenters. The fraction of sp³-hybridized carbons (Fsp3) is 0.385. The van der Waals surface area contributed by atoms with Gasteiger partial charge in [0.15, 0.2) is 11.5 Å². The van der Waals surface area contributed by atoms with Crippen LogP contribution in [0, 0.1) is 0 Å². The average molecular weight is 298 g/mol. The molecule has 20 heavy (non-hydrogen) atoms. The number of thiocarbonyl (C=S) groups is 1. The molecule has 1 aromatic carbocycles. The highest BCUT2D eigenvalue weighted by molar-refractivity contribution is 7.80. The first-order chi connectivity index (χ1) is 9.40. The summed E-state index contributed by atoms with van der Waals surface area (Å²) in [7, 11) is 4.71. The maximum atomic E-state index is 10.8. The van der Waals surface area contributed by atoms with Gasteiger partial charge >= 0.3 is 5.97 Å². The molecule has 0 amide bonds. The zero-order valence-electron chi connectivity index (χ0n) is 11.6. The maximum absolute atomic E-state index is 10.8. The number of carboxylic acids is 1. The Morgan fingerprint density at radius 2 is 2.00 bits per heavy atom. The van der Waals surface area contributed by atoms with Crippen LogP contribution in [0.2, 0.25) is 0 Å². The lowest BCUT2D eigenvalue weighted by Crippen LogP contribution is -2.37. The number of nitrogens with two attached hydrogens (primary N) is 1. The minimum absolute atomic E-state index is 0.170. The van der Waals surface area contributed by atoms with Gasteiger partial charge in [0.1, 0.15) is 0 Å². The highest BCUT2D eigenvalue weighted by atomic mass is 32.1. The van der Waals surface area contributed by atoms with Gasteiger partial charge in [-0.3, -0.25) is 9.69 Å². The summed E-state index contributed by atoms with van der Waals surface area (Å²) in [6, 6.07) is 4.76. The second-order valence-electron chi connectivity index (χ2n) is 4.23. The number of benzene rings is 1. The number of hydrogen-bond donors (Lipinski definition) is 2. The lowest BCUT2D eigenvalue weighted by Gasteiger charge is -2.26. The molecule has 0 spiro atoms. The number of aliphatic carboxylic acids is 1. The lowest BCUT2D eigenvalue weighted by atomic mass is 10.0. The van der Waals surface area contributed by atoms with Gasteiger partial charge in [0, 0.05) is 0 Å². The number of carboxylic acid groups (broad SMARTS) is 1. The van der Waals surface area contributed by atoms with Crippen LogP contribution in [0.25, 0.3) is 0 Å². The van der Waals surface area contributed by atoms with Crippen LogP contribution in [-0.4, -0.2) is 48.8 Å². The van der Waals surface area contributed by atoms with E-state index in [1.807, 2.05) is 0 Å². The highest BCUT2D eigenvalue weighted by Crippen LogP contribution is 2.31. The predicted molar refractivity (Wildman–Crippen MR) is 79.3 cm³/mol. The average Bonchev–Trinajstić information content (AvgIpc) is 2.37.